The van der Waals surface area contributed by atoms with E-state index in [1.807, 2.05) is 6.92 Å². The second-order valence-electron chi connectivity index (χ2n) is 8.03. The quantitative estimate of drug-likeness (QED) is 0.122. The van der Waals surface area contributed by atoms with E-state index < -0.39 is 66.0 Å². The van der Waals surface area contributed by atoms with Crippen molar-refractivity contribution in [2.24, 2.45) is 11.7 Å². The first-order valence-corrected chi connectivity index (χ1v) is 11.2. The molecule has 14 heteroatoms. The van der Waals surface area contributed by atoms with Gasteiger partial charge in [-0.25, -0.2) is 0 Å². The third-order valence-corrected chi connectivity index (χ3v) is 5.06. The van der Waals surface area contributed by atoms with Crippen molar-refractivity contribution in [1.82, 2.24) is 31.9 Å². The third-order valence-electron chi connectivity index (χ3n) is 5.06. The summed E-state index contributed by atoms with van der Waals surface area (Å²) in [5.41, 5.74) is 5.08. The second kappa shape index (κ2) is 16.0. The van der Waals surface area contributed by atoms with Crippen LogP contribution in [0.4, 0.5) is 0 Å². The Bertz CT molecular complexity index is 803. The Labute approximate surface area is 204 Å². The molecule has 0 bridgehead atoms. The SMILES string of the molecule is CC[C@H](C)[C@H](NC(=O)CNC(=O)[C@H](CCC(N)=O)NC(C)=O)C(=O)N[C@@H](C)C(=O)NCC(=O)NC. The molecule has 35 heavy (non-hydrogen) atoms. The van der Waals surface area contributed by atoms with E-state index in [1.165, 1.54) is 20.9 Å². The Morgan fingerprint density at radius 2 is 1.37 bits per heavy atom. The highest BCUT2D eigenvalue weighted by molar-refractivity contribution is 5.94. The van der Waals surface area contributed by atoms with E-state index in [0.29, 0.717) is 6.42 Å². The van der Waals surface area contributed by atoms with E-state index in [1.54, 1.807) is 6.92 Å². The number of primary amides is 1. The van der Waals surface area contributed by atoms with Crippen LogP contribution in [0, 0.1) is 5.92 Å². The van der Waals surface area contributed by atoms with Gasteiger partial charge in [0.25, 0.3) is 0 Å². The van der Waals surface area contributed by atoms with E-state index in [-0.39, 0.29) is 25.3 Å². The molecule has 14 nitrogen and oxygen atoms in total. The predicted molar refractivity (Wildman–Crippen MR) is 125 cm³/mol. The summed E-state index contributed by atoms with van der Waals surface area (Å²) in [6.07, 6.45) is 0.343. The average Bonchev–Trinajstić information content (AvgIpc) is 2.80. The van der Waals surface area contributed by atoms with E-state index >= 15 is 0 Å². The zero-order chi connectivity index (χ0) is 27.1. The number of hydrogen-bond acceptors (Lipinski definition) is 7. The second-order valence-corrected chi connectivity index (χ2v) is 8.03. The first-order chi connectivity index (χ1) is 16.3. The third kappa shape index (κ3) is 12.9. The molecule has 4 atom stereocenters. The molecule has 0 unspecified atom stereocenters. The number of hydrogen-bond donors (Lipinski definition) is 7. The average molecular weight is 500 g/mol. The monoisotopic (exact) mass is 499 g/mol. The summed E-state index contributed by atoms with van der Waals surface area (Å²) >= 11 is 0. The van der Waals surface area contributed by atoms with E-state index in [9.17, 15) is 33.6 Å². The maximum atomic E-state index is 12.7. The molecule has 0 aliphatic rings. The number of carbonyl (C=O) groups is 7. The van der Waals surface area contributed by atoms with Crippen molar-refractivity contribution in [2.45, 2.75) is 65.1 Å². The van der Waals surface area contributed by atoms with Gasteiger partial charge in [-0.15, -0.1) is 0 Å². The molecular weight excluding hydrogens is 462 g/mol. The van der Waals surface area contributed by atoms with Gasteiger partial charge in [-0.3, -0.25) is 33.6 Å². The van der Waals surface area contributed by atoms with Gasteiger partial charge in [-0.2, -0.15) is 0 Å². The van der Waals surface area contributed by atoms with E-state index in [0.717, 1.165) is 0 Å². The van der Waals surface area contributed by atoms with Crippen LogP contribution in [0.5, 0.6) is 0 Å². The first kappa shape index (κ1) is 31.3. The molecule has 0 fully saturated rings. The van der Waals surface area contributed by atoms with Gasteiger partial charge in [0.15, 0.2) is 0 Å². The number of amides is 7. The molecule has 198 valence electrons. The lowest BCUT2D eigenvalue weighted by atomic mass is 9.98. The number of rotatable bonds is 15. The smallest absolute Gasteiger partial charge is 0.243 e. The minimum Gasteiger partial charge on any atom is -0.370 e. The van der Waals surface area contributed by atoms with Crippen LogP contribution in [0.15, 0.2) is 0 Å². The van der Waals surface area contributed by atoms with Gasteiger partial charge in [-0.05, 0) is 19.3 Å². The van der Waals surface area contributed by atoms with Crippen LogP contribution in [-0.4, -0.2) is 79.6 Å². The Morgan fingerprint density at radius 3 is 1.89 bits per heavy atom. The van der Waals surface area contributed by atoms with Crippen molar-refractivity contribution < 1.29 is 33.6 Å². The maximum absolute atomic E-state index is 12.7. The molecular formula is C21H37N7O7. The van der Waals surface area contributed by atoms with Crippen molar-refractivity contribution >= 4 is 41.4 Å². The van der Waals surface area contributed by atoms with Crippen LogP contribution >= 0.6 is 0 Å². The lowest BCUT2D eigenvalue weighted by Crippen LogP contribution is -2.56. The topological polar surface area (TPSA) is 218 Å². The Hall–Kier alpha value is -3.71. The highest BCUT2D eigenvalue weighted by Gasteiger charge is 2.29. The zero-order valence-corrected chi connectivity index (χ0v) is 20.8. The van der Waals surface area contributed by atoms with Crippen molar-refractivity contribution in [3.63, 3.8) is 0 Å². The fraction of sp³-hybridized carbons (Fsp3) is 0.667. The molecule has 0 heterocycles. The highest BCUT2D eigenvalue weighted by atomic mass is 16.2. The summed E-state index contributed by atoms with van der Waals surface area (Å²) in [7, 11) is 1.42. The number of nitrogens with one attached hydrogen (secondary N) is 6. The van der Waals surface area contributed by atoms with Gasteiger partial charge in [0.05, 0.1) is 13.1 Å². The number of carbonyl (C=O) groups excluding carboxylic acids is 7. The van der Waals surface area contributed by atoms with Gasteiger partial charge >= 0.3 is 0 Å². The summed E-state index contributed by atoms with van der Waals surface area (Å²) in [6, 6.07) is -3.03. The van der Waals surface area contributed by atoms with Crippen molar-refractivity contribution in [2.75, 3.05) is 20.1 Å². The molecule has 0 aliphatic carbocycles. The van der Waals surface area contributed by atoms with E-state index in [4.69, 9.17) is 5.73 Å². The molecule has 0 saturated carbocycles. The molecule has 0 aliphatic heterocycles. The van der Waals surface area contributed by atoms with Crippen LogP contribution in [0.2, 0.25) is 0 Å². The van der Waals surface area contributed by atoms with Crippen molar-refractivity contribution in [1.29, 1.82) is 0 Å². The van der Waals surface area contributed by atoms with Crippen LogP contribution < -0.4 is 37.6 Å². The van der Waals surface area contributed by atoms with Gasteiger partial charge < -0.3 is 37.6 Å². The molecule has 0 saturated heterocycles. The van der Waals surface area contributed by atoms with Gasteiger partial charge in [0.2, 0.25) is 41.4 Å². The fourth-order valence-corrected chi connectivity index (χ4v) is 2.80. The summed E-state index contributed by atoms with van der Waals surface area (Å²) in [4.78, 5) is 83.2. The molecule has 0 rings (SSSR count). The first-order valence-electron chi connectivity index (χ1n) is 11.2. The molecule has 0 aromatic carbocycles. The van der Waals surface area contributed by atoms with Gasteiger partial charge in [-0.1, -0.05) is 20.3 Å². The summed E-state index contributed by atoms with van der Waals surface area (Å²) in [6.45, 7) is 5.44. The van der Waals surface area contributed by atoms with Crippen LogP contribution in [-0.2, 0) is 33.6 Å². The standard InChI is InChI=1S/C21H37N7O7/c1-6-11(2)18(21(35)26-12(3)19(33)24-9-16(31)23-5)28-17(32)10-25-20(34)14(27-13(4)29)7-8-15(22)30/h11-12,14,18H,6-10H2,1-5H3,(H2,22,30)(H,23,31)(H,24,33)(H,25,34)(H,26,35)(H,27,29)(H,28,32)/t11-,12-,14-,18-/m0/s1. The zero-order valence-electron chi connectivity index (χ0n) is 20.8. The lowest BCUT2D eigenvalue weighted by Gasteiger charge is -2.25. The highest BCUT2D eigenvalue weighted by Crippen LogP contribution is 2.08. The lowest BCUT2D eigenvalue weighted by molar-refractivity contribution is -0.134. The van der Waals surface area contributed by atoms with Crippen molar-refractivity contribution in [3.05, 3.63) is 0 Å². The molecule has 0 aromatic rings. The Morgan fingerprint density at radius 1 is 0.800 bits per heavy atom. The largest absolute Gasteiger partial charge is 0.370 e. The minimum absolute atomic E-state index is 0.0415. The van der Waals surface area contributed by atoms with Gasteiger partial charge in [0, 0.05) is 20.4 Å². The number of likely N-dealkylation sites (N-methyl/N-ethyl adjacent to an activating group) is 1. The Kier molecular flexibility index (Phi) is 14.3. The molecule has 0 spiro atoms. The van der Waals surface area contributed by atoms with Crippen LogP contribution in [0.25, 0.3) is 0 Å². The normalized spacial score (nSPS) is 13.7. The fourth-order valence-electron chi connectivity index (χ4n) is 2.80. The van der Waals surface area contributed by atoms with Crippen LogP contribution in [0.3, 0.4) is 0 Å². The Balaban J connectivity index is 5.01. The van der Waals surface area contributed by atoms with Crippen molar-refractivity contribution in [3.8, 4) is 0 Å². The summed E-state index contributed by atoms with van der Waals surface area (Å²) < 4.78 is 0. The molecule has 0 aromatic heterocycles. The molecule has 0 radical (unpaired) electrons. The maximum Gasteiger partial charge on any atom is 0.243 e. The van der Waals surface area contributed by atoms with Gasteiger partial charge in [0.1, 0.15) is 18.1 Å². The molecule has 7 amide bonds. The van der Waals surface area contributed by atoms with Crippen LogP contribution in [0.1, 0.15) is 47.0 Å². The summed E-state index contributed by atoms with van der Waals surface area (Å²) in [5, 5.41) is 14.5. The number of nitrogens with two attached hydrogens (primary N) is 1. The predicted octanol–water partition coefficient (Wildman–Crippen LogP) is -3.23. The van der Waals surface area contributed by atoms with E-state index in [2.05, 4.69) is 31.9 Å². The minimum atomic E-state index is -1.06. The summed E-state index contributed by atoms with van der Waals surface area (Å²) in [5.74, 6) is -4.42. The molecule has 8 N–H and O–H groups in total.